The van der Waals surface area contributed by atoms with Gasteiger partial charge in [0.1, 0.15) is 0 Å². The number of benzene rings is 1. The van der Waals surface area contributed by atoms with Gasteiger partial charge >= 0.3 is 0 Å². The minimum Gasteiger partial charge on any atom is -0.352 e. The van der Waals surface area contributed by atoms with Crippen molar-refractivity contribution in [3.05, 3.63) is 52.2 Å². The first-order valence-electron chi connectivity index (χ1n) is 7.04. The van der Waals surface area contributed by atoms with Gasteiger partial charge in [-0.2, -0.15) is 0 Å². The summed E-state index contributed by atoms with van der Waals surface area (Å²) >= 11 is 1.66. The van der Waals surface area contributed by atoms with Gasteiger partial charge in [-0.1, -0.05) is 18.1 Å². The molecule has 0 saturated carbocycles. The van der Waals surface area contributed by atoms with Crippen LogP contribution in [0.1, 0.15) is 10.4 Å². The molecule has 7 heteroatoms. The van der Waals surface area contributed by atoms with Gasteiger partial charge < -0.3 is 16.0 Å². The van der Waals surface area contributed by atoms with Gasteiger partial charge in [-0.3, -0.25) is 9.79 Å². The molecule has 0 bridgehead atoms. The first kappa shape index (κ1) is 20.0. The third kappa shape index (κ3) is 6.60. The topological polar surface area (TPSA) is 65.5 Å². The largest absolute Gasteiger partial charge is 0.352 e. The molecule has 0 spiro atoms. The van der Waals surface area contributed by atoms with Crippen molar-refractivity contribution in [2.24, 2.45) is 4.99 Å². The number of rotatable bonds is 5. The third-order valence-corrected chi connectivity index (χ3v) is 3.84. The minimum absolute atomic E-state index is 0. The van der Waals surface area contributed by atoms with Crippen LogP contribution in [0.15, 0.2) is 46.8 Å². The van der Waals surface area contributed by atoms with Crippen molar-refractivity contribution >= 4 is 52.9 Å². The van der Waals surface area contributed by atoms with E-state index in [2.05, 4.69) is 26.9 Å². The highest BCUT2D eigenvalue weighted by molar-refractivity contribution is 14.0. The Morgan fingerprint density at radius 2 is 2.12 bits per heavy atom. The molecule has 0 aliphatic heterocycles. The van der Waals surface area contributed by atoms with Crippen LogP contribution in [0.25, 0.3) is 0 Å². The lowest BCUT2D eigenvalue weighted by atomic mass is 10.2. The average Bonchev–Trinajstić information content (AvgIpc) is 3.08. The van der Waals surface area contributed by atoms with E-state index < -0.39 is 0 Å². The van der Waals surface area contributed by atoms with Gasteiger partial charge in [0.05, 0.1) is 13.1 Å². The zero-order chi connectivity index (χ0) is 16.5. The smallest absolute Gasteiger partial charge is 0.243 e. The number of nitrogens with zero attached hydrogens (tertiary/aromatic N) is 1. The van der Waals surface area contributed by atoms with Crippen molar-refractivity contribution in [2.75, 3.05) is 18.9 Å². The SMILES string of the molecule is C#Cc1cccc(NC(=O)CNC(=NC)NCc2cccs2)c1.I. The number of hydrogen-bond donors (Lipinski definition) is 3. The average molecular weight is 454 g/mol. The predicted octanol–water partition coefficient (Wildman–Crippen LogP) is 2.65. The maximum atomic E-state index is 12.0. The van der Waals surface area contributed by atoms with E-state index in [-0.39, 0.29) is 36.4 Å². The molecule has 0 atom stereocenters. The molecule has 1 amide bonds. The van der Waals surface area contributed by atoms with Crippen LogP contribution in [0.5, 0.6) is 0 Å². The Balaban J connectivity index is 0.00000288. The van der Waals surface area contributed by atoms with Crippen LogP contribution in [-0.4, -0.2) is 25.5 Å². The van der Waals surface area contributed by atoms with Gasteiger partial charge in [0.2, 0.25) is 5.91 Å². The van der Waals surface area contributed by atoms with E-state index in [0.29, 0.717) is 18.2 Å². The summed E-state index contributed by atoms with van der Waals surface area (Å²) < 4.78 is 0. The van der Waals surface area contributed by atoms with Gasteiger partial charge in [-0.05, 0) is 29.6 Å². The summed E-state index contributed by atoms with van der Waals surface area (Å²) in [6.07, 6.45) is 5.34. The molecule has 0 fully saturated rings. The first-order valence-corrected chi connectivity index (χ1v) is 7.92. The van der Waals surface area contributed by atoms with Crippen molar-refractivity contribution in [3.8, 4) is 12.3 Å². The second-order valence-electron chi connectivity index (χ2n) is 4.63. The number of carbonyl (C=O) groups is 1. The van der Waals surface area contributed by atoms with E-state index in [9.17, 15) is 4.79 Å². The maximum absolute atomic E-state index is 12.0. The van der Waals surface area contributed by atoms with Crippen molar-refractivity contribution < 1.29 is 4.79 Å². The molecule has 24 heavy (non-hydrogen) atoms. The Bertz CT molecular complexity index is 722. The molecule has 0 unspecified atom stereocenters. The fourth-order valence-electron chi connectivity index (χ4n) is 1.86. The van der Waals surface area contributed by atoms with Crippen LogP contribution >= 0.6 is 35.3 Å². The Labute approximate surface area is 163 Å². The highest BCUT2D eigenvalue weighted by Gasteiger charge is 2.05. The molecule has 2 rings (SSSR count). The van der Waals surface area contributed by atoms with Crippen LogP contribution in [-0.2, 0) is 11.3 Å². The molecule has 1 aromatic heterocycles. The summed E-state index contributed by atoms with van der Waals surface area (Å²) in [5, 5.41) is 10.9. The quantitative estimate of drug-likeness (QED) is 0.282. The van der Waals surface area contributed by atoms with Crippen LogP contribution in [0.4, 0.5) is 5.69 Å². The molecule has 3 N–H and O–H groups in total. The predicted molar refractivity (Wildman–Crippen MR) is 111 cm³/mol. The lowest BCUT2D eigenvalue weighted by Crippen LogP contribution is -2.40. The van der Waals surface area contributed by atoms with Crippen molar-refractivity contribution in [1.82, 2.24) is 10.6 Å². The fourth-order valence-corrected chi connectivity index (χ4v) is 2.51. The number of aliphatic imine (C=N–C) groups is 1. The molecule has 0 radical (unpaired) electrons. The Hall–Kier alpha value is -2.05. The number of hydrogen-bond acceptors (Lipinski definition) is 3. The molecule has 1 aromatic carbocycles. The standard InChI is InChI=1S/C17H18N4OS.HI/c1-3-13-6-4-7-14(10-13)21-16(22)12-20-17(18-2)19-11-15-8-5-9-23-15;/h1,4-10H,11-12H2,2H3,(H,21,22)(H2,18,19,20);1H. The van der Waals surface area contributed by atoms with E-state index in [1.165, 1.54) is 4.88 Å². The number of nitrogens with one attached hydrogen (secondary N) is 3. The lowest BCUT2D eigenvalue weighted by molar-refractivity contribution is -0.115. The van der Waals surface area contributed by atoms with Gasteiger partial charge in [-0.25, -0.2) is 0 Å². The lowest BCUT2D eigenvalue weighted by Gasteiger charge is -2.11. The van der Waals surface area contributed by atoms with Gasteiger partial charge in [0.25, 0.3) is 0 Å². The second-order valence-corrected chi connectivity index (χ2v) is 5.66. The van der Waals surface area contributed by atoms with Crippen LogP contribution < -0.4 is 16.0 Å². The summed E-state index contributed by atoms with van der Waals surface area (Å²) in [5.74, 6) is 2.94. The zero-order valence-corrected chi connectivity index (χ0v) is 16.4. The number of carbonyl (C=O) groups excluding carboxylic acids is 1. The molecule has 1 heterocycles. The summed E-state index contributed by atoms with van der Waals surface area (Å²) in [5.41, 5.74) is 1.40. The van der Waals surface area contributed by atoms with Crippen LogP contribution in [0, 0.1) is 12.3 Å². The summed E-state index contributed by atoms with van der Waals surface area (Å²) in [6, 6.07) is 11.2. The first-order chi connectivity index (χ1) is 11.2. The van der Waals surface area contributed by atoms with Crippen molar-refractivity contribution in [1.29, 1.82) is 0 Å². The molecule has 0 aliphatic rings. The summed E-state index contributed by atoms with van der Waals surface area (Å²) in [6.45, 7) is 0.785. The number of terminal acetylenes is 1. The molecular formula is C17H19IN4OS. The number of guanidine groups is 1. The molecule has 0 saturated heterocycles. The monoisotopic (exact) mass is 454 g/mol. The molecule has 2 aromatic rings. The Kier molecular flexibility index (Phi) is 8.89. The van der Waals surface area contributed by atoms with Crippen LogP contribution in [0.2, 0.25) is 0 Å². The van der Waals surface area contributed by atoms with Gasteiger partial charge in [-0.15, -0.1) is 41.7 Å². The molecule has 5 nitrogen and oxygen atoms in total. The van der Waals surface area contributed by atoms with E-state index in [0.717, 1.165) is 5.56 Å². The number of anilines is 1. The second kappa shape index (κ2) is 10.7. The normalized spacial score (nSPS) is 10.2. The number of thiophene rings is 1. The van der Waals surface area contributed by atoms with Gasteiger partial charge in [0, 0.05) is 23.2 Å². The highest BCUT2D eigenvalue weighted by Crippen LogP contribution is 2.09. The van der Waals surface area contributed by atoms with E-state index in [1.807, 2.05) is 23.6 Å². The number of halogens is 1. The number of amides is 1. The van der Waals surface area contributed by atoms with Crippen molar-refractivity contribution in [3.63, 3.8) is 0 Å². The minimum atomic E-state index is -0.168. The Morgan fingerprint density at radius 1 is 1.29 bits per heavy atom. The third-order valence-electron chi connectivity index (χ3n) is 2.96. The molecule has 126 valence electrons. The molecular weight excluding hydrogens is 435 g/mol. The maximum Gasteiger partial charge on any atom is 0.243 e. The summed E-state index contributed by atoms with van der Waals surface area (Å²) in [4.78, 5) is 17.2. The molecule has 0 aliphatic carbocycles. The van der Waals surface area contributed by atoms with E-state index in [1.54, 1.807) is 36.6 Å². The fraction of sp³-hybridized carbons (Fsp3) is 0.176. The van der Waals surface area contributed by atoms with E-state index in [4.69, 9.17) is 6.42 Å². The Morgan fingerprint density at radius 3 is 2.79 bits per heavy atom. The summed E-state index contributed by atoms with van der Waals surface area (Å²) in [7, 11) is 1.66. The van der Waals surface area contributed by atoms with Crippen molar-refractivity contribution in [2.45, 2.75) is 6.54 Å². The highest BCUT2D eigenvalue weighted by atomic mass is 127. The van der Waals surface area contributed by atoms with Gasteiger partial charge in [0.15, 0.2) is 5.96 Å². The van der Waals surface area contributed by atoms with E-state index >= 15 is 0 Å². The zero-order valence-electron chi connectivity index (χ0n) is 13.2. The van der Waals surface area contributed by atoms with Crippen LogP contribution in [0.3, 0.4) is 0 Å².